The first-order valence-corrected chi connectivity index (χ1v) is 15.8. The maximum absolute atomic E-state index is 13.4. The topological polar surface area (TPSA) is 177 Å². The second-order valence-corrected chi connectivity index (χ2v) is 12.2. The van der Waals surface area contributed by atoms with Crippen LogP contribution in [0.3, 0.4) is 0 Å². The number of esters is 1. The van der Waals surface area contributed by atoms with E-state index in [9.17, 15) is 9.59 Å². The number of carbonyl (C=O) groups is 2. The molecule has 1 saturated carbocycles. The van der Waals surface area contributed by atoms with Gasteiger partial charge in [-0.25, -0.2) is 15.0 Å². The zero-order valence-electron chi connectivity index (χ0n) is 27.1. The van der Waals surface area contributed by atoms with Crippen molar-refractivity contribution in [2.24, 2.45) is 7.05 Å². The van der Waals surface area contributed by atoms with Gasteiger partial charge in [-0.3, -0.25) is 19.2 Å². The number of fused-ring (bicyclic) bond motifs is 1. The van der Waals surface area contributed by atoms with Gasteiger partial charge in [0.15, 0.2) is 5.82 Å². The van der Waals surface area contributed by atoms with Crippen LogP contribution < -0.4 is 20.7 Å². The summed E-state index contributed by atoms with van der Waals surface area (Å²) in [5.74, 6) is 1.31. The van der Waals surface area contributed by atoms with E-state index in [1.165, 1.54) is 7.11 Å². The highest BCUT2D eigenvalue weighted by molar-refractivity contribution is 6.06. The fraction of sp³-hybridized carbons (Fsp3) is 0.364. The maximum atomic E-state index is 13.4. The fourth-order valence-corrected chi connectivity index (χ4v) is 5.90. The molecule has 4 N–H and O–H groups in total. The molecule has 0 spiro atoms. The lowest BCUT2D eigenvalue weighted by Crippen LogP contribution is -2.41. The molecule has 248 valence electrons. The van der Waals surface area contributed by atoms with E-state index < -0.39 is 12.0 Å². The van der Waals surface area contributed by atoms with E-state index >= 15 is 0 Å². The SMILES string of the molecule is COC(=O)[C@@H]1C[C@H](Oc2ccnc(NC3CC3)n2)CN1CC(=O)Nc1cccc2c(-c3nc(Nc4cc(C)n(C)n4)ncc3C)c[nH]c12. The van der Waals surface area contributed by atoms with Crippen LogP contribution in [0.5, 0.6) is 5.88 Å². The van der Waals surface area contributed by atoms with Crippen LogP contribution in [0.1, 0.15) is 30.5 Å². The van der Waals surface area contributed by atoms with Gasteiger partial charge < -0.3 is 30.4 Å². The molecule has 1 aromatic carbocycles. The first-order chi connectivity index (χ1) is 23.2. The van der Waals surface area contributed by atoms with Crippen LogP contribution in [0.4, 0.5) is 23.4 Å². The number of H-pyrrole nitrogens is 1. The number of methoxy groups -OCH3 is 1. The Bertz CT molecular complexity index is 1970. The van der Waals surface area contributed by atoms with Gasteiger partial charge in [0, 0.05) is 73.4 Å². The minimum Gasteiger partial charge on any atom is -0.473 e. The van der Waals surface area contributed by atoms with Crippen LogP contribution in [-0.2, 0) is 21.4 Å². The minimum absolute atomic E-state index is 0.0329. The highest BCUT2D eigenvalue weighted by Gasteiger charge is 2.40. The van der Waals surface area contributed by atoms with Crippen LogP contribution in [-0.4, -0.2) is 89.9 Å². The summed E-state index contributed by atoms with van der Waals surface area (Å²) >= 11 is 0. The van der Waals surface area contributed by atoms with Crippen molar-refractivity contribution in [1.29, 1.82) is 0 Å². The molecule has 0 radical (unpaired) electrons. The number of carbonyl (C=O) groups excluding carboxylic acids is 2. The van der Waals surface area contributed by atoms with E-state index in [0.29, 0.717) is 48.3 Å². The van der Waals surface area contributed by atoms with Crippen molar-refractivity contribution in [1.82, 2.24) is 39.6 Å². The zero-order valence-corrected chi connectivity index (χ0v) is 27.1. The monoisotopic (exact) mass is 651 g/mol. The molecule has 2 atom stereocenters. The average Bonchev–Trinajstić information content (AvgIpc) is 3.48. The van der Waals surface area contributed by atoms with E-state index in [1.807, 2.05) is 51.4 Å². The van der Waals surface area contributed by atoms with Gasteiger partial charge in [-0.2, -0.15) is 10.1 Å². The first kappa shape index (κ1) is 31.1. The van der Waals surface area contributed by atoms with Gasteiger partial charge in [-0.15, -0.1) is 0 Å². The highest BCUT2D eigenvalue weighted by Crippen LogP contribution is 2.34. The number of rotatable bonds is 11. The third-order valence-corrected chi connectivity index (χ3v) is 8.58. The Hall–Kier alpha value is -5.57. The predicted octanol–water partition coefficient (Wildman–Crippen LogP) is 3.72. The Morgan fingerprint density at radius 1 is 1.10 bits per heavy atom. The van der Waals surface area contributed by atoms with Crippen LogP contribution in [0.2, 0.25) is 0 Å². The summed E-state index contributed by atoms with van der Waals surface area (Å²) in [6.07, 6.45) is 7.48. The Labute approximate surface area is 276 Å². The molecule has 2 fully saturated rings. The van der Waals surface area contributed by atoms with Crippen molar-refractivity contribution in [3.63, 3.8) is 0 Å². The Morgan fingerprint density at radius 2 is 1.96 bits per heavy atom. The molecular weight excluding hydrogens is 614 g/mol. The second-order valence-electron chi connectivity index (χ2n) is 12.2. The van der Waals surface area contributed by atoms with Crippen molar-refractivity contribution in [2.45, 2.75) is 51.3 Å². The number of benzene rings is 1. The van der Waals surface area contributed by atoms with E-state index in [4.69, 9.17) is 14.5 Å². The average molecular weight is 652 g/mol. The molecule has 1 amide bonds. The highest BCUT2D eigenvalue weighted by atomic mass is 16.5. The molecule has 5 aromatic rings. The molecule has 15 heteroatoms. The van der Waals surface area contributed by atoms with Crippen molar-refractivity contribution in [2.75, 3.05) is 36.1 Å². The zero-order chi connectivity index (χ0) is 33.4. The summed E-state index contributed by atoms with van der Waals surface area (Å²) in [7, 11) is 3.22. The molecule has 1 saturated heterocycles. The maximum Gasteiger partial charge on any atom is 0.323 e. The van der Waals surface area contributed by atoms with Crippen LogP contribution >= 0.6 is 0 Å². The molecule has 48 heavy (non-hydrogen) atoms. The number of amides is 1. The molecule has 1 aliphatic carbocycles. The minimum atomic E-state index is -0.636. The molecule has 15 nitrogen and oxygen atoms in total. The van der Waals surface area contributed by atoms with Gasteiger partial charge in [-0.1, -0.05) is 12.1 Å². The molecule has 7 rings (SSSR count). The van der Waals surface area contributed by atoms with Crippen molar-refractivity contribution < 1.29 is 19.1 Å². The number of likely N-dealkylation sites (tertiary alicyclic amines) is 1. The van der Waals surface area contributed by atoms with Gasteiger partial charge in [0.25, 0.3) is 0 Å². The number of nitrogens with one attached hydrogen (secondary N) is 4. The van der Waals surface area contributed by atoms with E-state index in [-0.39, 0.29) is 18.6 Å². The lowest BCUT2D eigenvalue weighted by atomic mass is 10.1. The molecule has 4 aromatic heterocycles. The first-order valence-electron chi connectivity index (χ1n) is 15.8. The summed E-state index contributed by atoms with van der Waals surface area (Å²) in [6.45, 7) is 4.24. The van der Waals surface area contributed by atoms with Gasteiger partial charge in [0.1, 0.15) is 12.1 Å². The summed E-state index contributed by atoms with van der Waals surface area (Å²) < 4.78 is 13.0. The van der Waals surface area contributed by atoms with Gasteiger partial charge >= 0.3 is 5.97 Å². The third-order valence-electron chi connectivity index (χ3n) is 8.58. The lowest BCUT2D eigenvalue weighted by Gasteiger charge is -2.21. The summed E-state index contributed by atoms with van der Waals surface area (Å²) in [5, 5.41) is 14.8. The predicted molar refractivity (Wildman–Crippen MR) is 179 cm³/mol. The fourth-order valence-electron chi connectivity index (χ4n) is 5.90. The summed E-state index contributed by atoms with van der Waals surface area (Å²) in [4.78, 5) is 49.2. The Morgan fingerprint density at radius 3 is 2.73 bits per heavy atom. The molecular formula is C33H37N11O4. The van der Waals surface area contributed by atoms with Crippen LogP contribution in [0, 0.1) is 13.8 Å². The number of aryl methyl sites for hydroxylation is 3. The normalized spacial score (nSPS) is 17.8. The van der Waals surface area contributed by atoms with E-state index in [0.717, 1.165) is 46.3 Å². The van der Waals surface area contributed by atoms with Crippen molar-refractivity contribution >= 4 is 46.2 Å². The Balaban J connectivity index is 1.05. The van der Waals surface area contributed by atoms with Crippen LogP contribution in [0.15, 0.2) is 48.9 Å². The Kier molecular flexibility index (Phi) is 8.35. The molecule has 1 aliphatic heterocycles. The smallest absolute Gasteiger partial charge is 0.323 e. The largest absolute Gasteiger partial charge is 0.473 e. The number of aromatic amines is 1. The van der Waals surface area contributed by atoms with Gasteiger partial charge in [0.05, 0.1) is 30.6 Å². The standard InChI is InChI=1S/C33H37N11O4/c1-18-14-36-33(39-26-12-19(2)43(3)42-26)41-29(18)23-15-35-30-22(23)6-5-7-24(30)38-27(45)17-44-16-21(13-25(44)31(46)47-4)48-28-10-11-34-32(40-28)37-20-8-9-20/h5-7,10-12,14-15,20-21,25,35H,8-9,13,16-17H2,1-4H3,(H,38,45)(H,34,37,40)(H,36,39,41,42)/t21-,25-/m0/s1. The molecule has 0 unspecified atom stereocenters. The van der Waals surface area contributed by atoms with Crippen molar-refractivity contribution in [3.05, 3.63) is 60.2 Å². The van der Waals surface area contributed by atoms with Crippen LogP contribution in [0.25, 0.3) is 22.2 Å². The second kappa shape index (κ2) is 12.9. The molecule has 0 bridgehead atoms. The number of hydrogen-bond acceptors (Lipinski definition) is 12. The van der Waals surface area contributed by atoms with Gasteiger partial charge in [-0.05, 0) is 38.3 Å². The third kappa shape index (κ3) is 6.62. The quantitative estimate of drug-likeness (QED) is 0.153. The van der Waals surface area contributed by atoms with Crippen molar-refractivity contribution in [3.8, 4) is 17.1 Å². The van der Waals surface area contributed by atoms with E-state index in [1.54, 1.807) is 28.0 Å². The van der Waals surface area contributed by atoms with Gasteiger partial charge in [0.2, 0.25) is 23.7 Å². The number of nitrogens with zero attached hydrogens (tertiary/aromatic N) is 7. The summed E-state index contributed by atoms with van der Waals surface area (Å²) in [5.41, 5.74) is 4.87. The number of aromatic nitrogens is 7. The number of para-hydroxylation sites is 1. The number of anilines is 4. The number of hydrogen-bond donors (Lipinski definition) is 4. The number of ether oxygens (including phenoxy) is 2. The summed E-state index contributed by atoms with van der Waals surface area (Å²) in [6, 6.07) is 9.07. The lowest BCUT2D eigenvalue weighted by molar-refractivity contribution is -0.146. The molecule has 2 aliphatic rings. The molecule has 5 heterocycles. The van der Waals surface area contributed by atoms with E-state index in [2.05, 4.69) is 41.0 Å².